The molecule has 0 fully saturated rings. The summed E-state index contributed by atoms with van der Waals surface area (Å²) in [6, 6.07) is -2.31. The van der Waals surface area contributed by atoms with Crippen molar-refractivity contribution in [1.29, 1.82) is 0 Å². The Hall–Kier alpha value is -1.84. The van der Waals surface area contributed by atoms with E-state index in [4.69, 9.17) is 15.0 Å². The molecule has 0 amide bonds. The monoisotopic (exact) mass is 394 g/mol. The minimum atomic E-state index is -0.919. The maximum atomic E-state index is 12.6. The van der Waals surface area contributed by atoms with Gasteiger partial charge in [-0.1, -0.05) is 90.1 Å². The van der Waals surface area contributed by atoms with Gasteiger partial charge < -0.3 is 9.47 Å². The molecule has 0 saturated carbocycles. The highest BCUT2D eigenvalue weighted by Gasteiger charge is 2.18. The number of unbranched alkanes of at least 4 members (excludes halogenated alkanes) is 10. The smallest absolute Gasteiger partial charge is 0.339 e. The first-order valence-corrected chi connectivity index (χ1v) is 10.8. The number of carbonyl (C=O) groups excluding carboxylic acids is 2. The fourth-order valence-electron chi connectivity index (χ4n) is 2.86. The second-order valence-corrected chi connectivity index (χ2v) is 7.06. The molecule has 4 heteroatoms. The Kier molecular flexibility index (Phi) is 10.5. The zero-order valence-electron chi connectivity index (χ0n) is 21.5. The molecule has 28 heavy (non-hydrogen) atoms. The van der Waals surface area contributed by atoms with Crippen molar-refractivity contribution in [1.82, 2.24) is 0 Å². The standard InChI is InChI=1S/C24H38O4/c1-3-5-7-9-11-15-19-27-23(25)21-17-13-14-18-22(21)24(26)28-20-16-12-10-8-6-4-2/h13-14,17-18H,3-12,15-16,19-20H2,1-2H3/i13D,14D,17D,18D. The predicted octanol–water partition coefficient (Wildman–Crippen LogP) is 6.72. The van der Waals surface area contributed by atoms with Crippen LogP contribution in [-0.2, 0) is 9.47 Å². The van der Waals surface area contributed by atoms with Gasteiger partial charge in [-0.15, -0.1) is 0 Å². The fourth-order valence-corrected chi connectivity index (χ4v) is 2.86. The average Bonchev–Trinajstić information content (AvgIpc) is 2.78. The highest BCUT2D eigenvalue weighted by atomic mass is 16.5. The molecule has 1 rings (SSSR count). The zero-order valence-corrected chi connectivity index (χ0v) is 17.5. The molecule has 0 unspecified atom stereocenters. The van der Waals surface area contributed by atoms with Crippen LogP contribution in [0, 0.1) is 0 Å². The number of hydrogen-bond donors (Lipinski definition) is 0. The van der Waals surface area contributed by atoms with Crippen molar-refractivity contribution < 1.29 is 24.5 Å². The number of benzene rings is 1. The van der Waals surface area contributed by atoms with Crippen molar-refractivity contribution in [3.8, 4) is 0 Å². The first-order chi connectivity index (χ1) is 15.4. The average molecular weight is 395 g/mol. The van der Waals surface area contributed by atoms with Gasteiger partial charge in [0.1, 0.15) is 0 Å². The van der Waals surface area contributed by atoms with Crippen LogP contribution in [-0.4, -0.2) is 25.2 Å². The maximum Gasteiger partial charge on any atom is 0.339 e. The number of ether oxygens (including phenoxy) is 2. The molecule has 158 valence electrons. The van der Waals surface area contributed by atoms with Gasteiger partial charge in [-0.3, -0.25) is 0 Å². The summed E-state index contributed by atoms with van der Waals surface area (Å²) in [5.41, 5.74) is -0.898. The Morgan fingerprint density at radius 2 is 1.04 bits per heavy atom. The van der Waals surface area contributed by atoms with E-state index in [1.807, 2.05) is 0 Å². The lowest BCUT2D eigenvalue weighted by Crippen LogP contribution is -2.15. The summed E-state index contributed by atoms with van der Waals surface area (Å²) in [6.07, 6.45) is 12.1. The number of rotatable bonds is 16. The van der Waals surface area contributed by atoms with Crippen molar-refractivity contribution in [2.24, 2.45) is 0 Å². The Labute approximate surface area is 176 Å². The normalized spacial score (nSPS) is 12.6. The number of esters is 2. The van der Waals surface area contributed by atoms with Crippen molar-refractivity contribution in [2.75, 3.05) is 13.2 Å². The van der Waals surface area contributed by atoms with E-state index in [1.54, 1.807) is 0 Å². The van der Waals surface area contributed by atoms with Crippen molar-refractivity contribution in [3.05, 3.63) is 35.3 Å². The predicted molar refractivity (Wildman–Crippen MR) is 114 cm³/mol. The molecular formula is C24H38O4. The Morgan fingerprint density at radius 3 is 1.43 bits per heavy atom. The molecule has 0 radical (unpaired) electrons. The second-order valence-electron chi connectivity index (χ2n) is 7.06. The molecule has 0 aliphatic rings. The van der Waals surface area contributed by atoms with Gasteiger partial charge in [-0.2, -0.15) is 0 Å². The molecule has 0 spiro atoms. The quantitative estimate of drug-likeness (QED) is 0.231. The molecule has 0 N–H and O–H groups in total. The van der Waals surface area contributed by atoms with Gasteiger partial charge in [-0.25, -0.2) is 9.59 Å². The topological polar surface area (TPSA) is 52.6 Å². The third-order valence-corrected chi connectivity index (χ3v) is 4.56. The van der Waals surface area contributed by atoms with Gasteiger partial charge >= 0.3 is 11.9 Å². The van der Waals surface area contributed by atoms with Crippen LogP contribution in [0.1, 0.15) is 117 Å². The molecule has 1 aromatic carbocycles. The minimum absolute atomic E-state index is 0.139. The third kappa shape index (κ3) is 10.5. The Morgan fingerprint density at radius 1 is 0.679 bits per heavy atom. The van der Waals surface area contributed by atoms with Crippen LogP contribution < -0.4 is 0 Å². The highest BCUT2D eigenvalue weighted by molar-refractivity contribution is 6.03. The van der Waals surface area contributed by atoms with Gasteiger partial charge in [0.05, 0.1) is 29.8 Å². The number of hydrogen-bond acceptors (Lipinski definition) is 4. The van der Waals surface area contributed by atoms with Gasteiger partial charge in [-0.05, 0) is 24.9 Å². The SMILES string of the molecule is [2H]c1c([2H])c([2H])c(C(=O)OCCCCCCCC)c(C(=O)OCCCCCCCC)c1[2H]. The molecule has 0 aliphatic heterocycles. The lowest BCUT2D eigenvalue weighted by molar-refractivity contribution is 0.0450. The Bertz CT molecular complexity index is 676. The van der Waals surface area contributed by atoms with E-state index >= 15 is 0 Å². The largest absolute Gasteiger partial charge is 0.462 e. The molecule has 1 aromatic rings. The minimum Gasteiger partial charge on any atom is -0.462 e. The summed E-state index contributed by atoms with van der Waals surface area (Å²) in [6.45, 7) is 4.55. The molecule has 4 nitrogen and oxygen atoms in total. The maximum absolute atomic E-state index is 12.6. The van der Waals surface area contributed by atoms with Crippen LogP contribution in [0.3, 0.4) is 0 Å². The van der Waals surface area contributed by atoms with Crippen LogP contribution >= 0.6 is 0 Å². The van der Waals surface area contributed by atoms with Crippen LogP contribution in [0.15, 0.2) is 24.2 Å². The van der Waals surface area contributed by atoms with Crippen molar-refractivity contribution in [2.45, 2.75) is 90.9 Å². The van der Waals surface area contributed by atoms with E-state index in [1.165, 1.54) is 12.8 Å². The summed E-state index contributed by atoms with van der Waals surface area (Å²) in [5, 5.41) is 0. The third-order valence-electron chi connectivity index (χ3n) is 4.56. The van der Waals surface area contributed by atoms with Gasteiger partial charge in [0.2, 0.25) is 0 Å². The second kappa shape index (κ2) is 16.1. The molecule has 0 saturated heterocycles. The van der Waals surface area contributed by atoms with E-state index in [2.05, 4.69) is 13.8 Å². The lowest BCUT2D eigenvalue weighted by Gasteiger charge is -2.10. The summed E-state index contributed by atoms with van der Waals surface area (Å²) in [5.74, 6) is -1.84. The fraction of sp³-hybridized carbons (Fsp3) is 0.667. The van der Waals surface area contributed by atoms with E-state index in [0.717, 1.165) is 51.4 Å². The molecule has 0 aliphatic carbocycles. The summed E-state index contributed by atoms with van der Waals surface area (Å²) in [4.78, 5) is 25.3. The van der Waals surface area contributed by atoms with Crippen LogP contribution in [0.25, 0.3) is 0 Å². The Balaban J connectivity index is 2.79. The molecule has 0 bridgehead atoms. The summed E-state index contributed by atoms with van der Waals surface area (Å²) < 4.78 is 42.4. The van der Waals surface area contributed by atoms with E-state index in [0.29, 0.717) is 12.8 Å². The molecule has 0 heterocycles. The first kappa shape index (κ1) is 18.2. The summed E-state index contributed by atoms with van der Waals surface area (Å²) in [7, 11) is 0. The summed E-state index contributed by atoms with van der Waals surface area (Å²) >= 11 is 0. The van der Waals surface area contributed by atoms with Crippen molar-refractivity contribution in [3.63, 3.8) is 0 Å². The lowest BCUT2D eigenvalue weighted by atomic mass is 10.1. The van der Waals surface area contributed by atoms with E-state index in [-0.39, 0.29) is 13.2 Å². The highest BCUT2D eigenvalue weighted by Crippen LogP contribution is 2.14. The van der Waals surface area contributed by atoms with Crippen LogP contribution in [0.2, 0.25) is 0 Å². The van der Waals surface area contributed by atoms with Gasteiger partial charge in [0.15, 0.2) is 0 Å². The first-order valence-electron chi connectivity index (χ1n) is 12.8. The van der Waals surface area contributed by atoms with Gasteiger partial charge in [0.25, 0.3) is 0 Å². The molecule has 0 atom stereocenters. The van der Waals surface area contributed by atoms with E-state index in [9.17, 15) is 9.59 Å². The van der Waals surface area contributed by atoms with E-state index < -0.39 is 47.2 Å². The van der Waals surface area contributed by atoms with Gasteiger partial charge in [0, 0.05) is 0 Å². The molecule has 0 aromatic heterocycles. The molecular weight excluding hydrogens is 352 g/mol. The zero-order chi connectivity index (χ0) is 23.9. The van der Waals surface area contributed by atoms with Crippen molar-refractivity contribution >= 4 is 11.9 Å². The van der Waals surface area contributed by atoms with Crippen LogP contribution in [0.4, 0.5) is 0 Å². The van der Waals surface area contributed by atoms with Crippen LogP contribution in [0.5, 0.6) is 0 Å². The number of carbonyl (C=O) groups is 2.